The van der Waals surface area contributed by atoms with Gasteiger partial charge in [0.05, 0.1) is 26.3 Å². The van der Waals surface area contributed by atoms with Gasteiger partial charge in [-0.25, -0.2) is 4.98 Å². The topological polar surface area (TPSA) is 80.8 Å². The van der Waals surface area contributed by atoms with E-state index in [0.717, 1.165) is 0 Å². The molecule has 0 unspecified atom stereocenters. The van der Waals surface area contributed by atoms with E-state index < -0.39 is 0 Å². The van der Waals surface area contributed by atoms with Gasteiger partial charge >= 0.3 is 0 Å². The van der Waals surface area contributed by atoms with E-state index in [4.69, 9.17) is 9.47 Å². The molecule has 28 heavy (non-hydrogen) atoms. The minimum Gasteiger partial charge on any atom is -0.497 e. The third-order valence-electron chi connectivity index (χ3n) is 4.12. The maximum absolute atomic E-state index is 12.6. The molecule has 152 valence electrons. The number of hydrogen-bond acceptors (Lipinski definition) is 6. The van der Waals surface area contributed by atoms with E-state index in [-0.39, 0.29) is 30.3 Å². The van der Waals surface area contributed by atoms with Crippen molar-refractivity contribution in [2.45, 2.75) is 46.2 Å². The summed E-state index contributed by atoms with van der Waals surface area (Å²) in [6, 6.07) is 5.18. The summed E-state index contributed by atoms with van der Waals surface area (Å²) in [4.78, 5) is 31.3. The zero-order chi connectivity index (χ0) is 20.8. The molecule has 0 aliphatic rings. The van der Waals surface area contributed by atoms with Crippen LogP contribution in [0.3, 0.4) is 0 Å². The van der Waals surface area contributed by atoms with Crippen LogP contribution in [0.1, 0.15) is 43.7 Å². The summed E-state index contributed by atoms with van der Waals surface area (Å²) in [6.45, 7) is 7.97. The van der Waals surface area contributed by atoms with Crippen molar-refractivity contribution in [2.75, 3.05) is 19.5 Å². The number of amides is 2. The number of carbonyl (C=O) groups excluding carboxylic acids is 2. The maximum Gasteiger partial charge on any atom is 0.257 e. The van der Waals surface area contributed by atoms with Crippen LogP contribution >= 0.6 is 11.3 Å². The summed E-state index contributed by atoms with van der Waals surface area (Å²) in [5.74, 6) is 0.746. The first-order valence-electron chi connectivity index (χ1n) is 9.05. The van der Waals surface area contributed by atoms with Crippen LogP contribution in [0.5, 0.6) is 11.5 Å². The molecule has 0 radical (unpaired) electrons. The van der Waals surface area contributed by atoms with Crippen LogP contribution in [-0.2, 0) is 11.2 Å². The lowest BCUT2D eigenvalue weighted by atomic mass is 10.2. The third-order valence-corrected chi connectivity index (χ3v) is 4.93. The second kappa shape index (κ2) is 9.54. The van der Waals surface area contributed by atoms with Gasteiger partial charge in [-0.2, -0.15) is 0 Å². The highest BCUT2D eigenvalue weighted by Gasteiger charge is 2.21. The smallest absolute Gasteiger partial charge is 0.257 e. The SMILES string of the molecule is COc1cc(OC)cc(C(=O)Nc2nc(CC(=O)N(C(C)C)C(C)C)cs2)c1. The van der Waals surface area contributed by atoms with Crippen molar-refractivity contribution in [3.63, 3.8) is 0 Å². The molecular formula is C20H27N3O4S. The van der Waals surface area contributed by atoms with Gasteiger partial charge in [-0.1, -0.05) is 0 Å². The zero-order valence-electron chi connectivity index (χ0n) is 17.1. The third kappa shape index (κ3) is 5.45. The number of rotatable bonds is 8. The number of ether oxygens (including phenoxy) is 2. The highest BCUT2D eigenvalue weighted by Crippen LogP contribution is 2.24. The summed E-state index contributed by atoms with van der Waals surface area (Å²) < 4.78 is 10.4. The fourth-order valence-electron chi connectivity index (χ4n) is 2.97. The van der Waals surface area contributed by atoms with Crippen molar-refractivity contribution in [3.05, 3.63) is 34.8 Å². The highest BCUT2D eigenvalue weighted by atomic mass is 32.1. The monoisotopic (exact) mass is 405 g/mol. The van der Waals surface area contributed by atoms with E-state index in [2.05, 4.69) is 10.3 Å². The van der Waals surface area contributed by atoms with Gasteiger partial charge in [0.2, 0.25) is 5.91 Å². The minimum absolute atomic E-state index is 0.0192. The van der Waals surface area contributed by atoms with Crippen molar-refractivity contribution < 1.29 is 19.1 Å². The van der Waals surface area contributed by atoms with E-state index in [1.165, 1.54) is 25.6 Å². The van der Waals surface area contributed by atoms with Crippen molar-refractivity contribution in [3.8, 4) is 11.5 Å². The Balaban J connectivity index is 2.08. The predicted molar refractivity (Wildman–Crippen MR) is 110 cm³/mol. The number of methoxy groups -OCH3 is 2. The van der Waals surface area contributed by atoms with Gasteiger partial charge in [0.15, 0.2) is 5.13 Å². The van der Waals surface area contributed by atoms with Gasteiger partial charge in [0, 0.05) is 29.1 Å². The van der Waals surface area contributed by atoms with Crippen LogP contribution < -0.4 is 14.8 Å². The highest BCUT2D eigenvalue weighted by molar-refractivity contribution is 7.14. The zero-order valence-corrected chi connectivity index (χ0v) is 17.9. The average molecular weight is 406 g/mol. The number of aromatic nitrogens is 1. The molecule has 2 aromatic rings. The molecule has 0 fully saturated rings. The molecule has 0 atom stereocenters. The molecule has 2 rings (SSSR count). The van der Waals surface area contributed by atoms with Gasteiger partial charge in [0.1, 0.15) is 11.5 Å². The summed E-state index contributed by atoms with van der Waals surface area (Å²) in [6.07, 6.45) is 0.204. The Morgan fingerprint density at radius 1 is 1.07 bits per heavy atom. The molecule has 0 saturated carbocycles. The Morgan fingerprint density at radius 3 is 2.14 bits per heavy atom. The number of nitrogens with zero attached hydrogens (tertiary/aromatic N) is 2. The largest absolute Gasteiger partial charge is 0.497 e. The van der Waals surface area contributed by atoms with E-state index in [0.29, 0.717) is 27.9 Å². The van der Waals surface area contributed by atoms with E-state index in [1.54, 1.807) is 23.6 Å². The number of anilines is 1. The first-order valence-corrected chi connectivity index (χ1v) is 9.93. The molecule has 7 nitrogen and oxygen atoms in total. The Bertz CT molecular complexity index is 802. The van der Waals surface area contributed by atoms with E-state index >= 15 is 0 Å². The second-order valence-corrected chi connectivity index (χ2v) is 7.72. The summed E-state index contributed by atoms with van der Waals surface area (Å²) >= 11 is 1.29. The number of hydrogen-bond donors (Lipinski definition) is 1. The van der Waals surface area contributed by atoms with Gasteiger partial charge in [-0.3, -0.25) is 14.9 Å². The van der Waals surface area contributed by atoms with Crippen LogP contribution in [-0.4, -0.2) is 48.0 Å². The second-order valence-electron chi connectivity index (χ2n) is 6.86. The molecule has 0 aliphatic carbocycles. The van der Waals surface area contributed by atoms with Gasteiger partial charge < -0.3 is 14.4 Å². The van der Waals surface area contributed by atoms with Crippen LogP contribution in [0.15, 0.2) is 23.6 Å². The van der Waals surface area contributed by atoms with Crippen molar-refractivity contribution in [1.82, 2.24) is 9.88 Å². The molecule has 0 saturated heterocycles. The molecule has 0 bridgehead atoms. The molecule has 2 amide bonds. The lowest BCUT2D eigenvalue weighted by Crippen LogP contribution is -2.42. The first-order chi connectivity index (χ1) is 13.2. The molecule has 8 heteroatoms. The number of thiazole rings is 1. The minimum atomic E-state index is -0.324. The van der Waals surface area contributed by atoms with Crippen LogP contribution in [0.25, 0.3) is 0 Å². The van der Waals surface area contributed by atoms with Crippen molar-refractivity contribution in [1.29, 1.82) is 0 Å². The van der Waals surface area contributed by atoms with Crippen LogP contribution in [0.4, 0.5) is 5.13 Å². The number of benzene rings is 1. The average Bonchev–Trinajstić information content (AvgIpc) is 3.07. The molecule has 1 heterocycles. The summed E-state index contributed by atoms with van der Waals surface area (Å²) in [5, 5.41) is 4.99. The van der Waals surface area contributed by atoms with Crippen molar-refractivity contribution >= 4 is 28.3 Å². The molecule has 0 spiro atoms. The maximum atomic E-state index is 12.6. The molecule has 1 N–H and O–H groups in total. The fraction of sp³-hybridized carbons (Fsp3) is 0.450. The Labute approximate surface area is 169 Å². The summed E-state index contributed by atoms with van der Waals surface area (Å²) in [5.41, 5.74) is 1.04. The predicted octanol–water partition coefficient (Wildman–Crippen LogP) is 3.60. The lowest BCUT2D eigenvalue weighted by molar-refractivity contribution is -0.134. The lowest BCUT2D eigenvalue weighted by Gasteiger charge is -2.30. The van der Waals surface area contributed by atoms with Crippen LogP contribution in [0.2, 0.25) is 0 Å². The Morgan fingerprint density at radius 2 is 1.64 bits per heavy atom. The molecule has 1 aromatic heterocycles. The van der Waals surface area contributed by atoms with E-state index in [1.807, 2.05) is 32.6 Å². The fourth-order valence-corrected chi connectivity index (χ4v) is 3.68. The Kier molecular flexibility index (Phi) is 7.39. The summed E-state index contributed by atoms with van der Waals surface area (Å²) in [7, 11) is 3.05. The van der Waals surface area contributed by atoms with Gasteiger partial charge in [-0.15, -0.1) is 11.3 Å². The van der Waals surface area contributed by atoms with Crippen LogP contribution in [0, 0.1) is 0 Å². The first kappa shape index (κ1) is 21.7. The van der Waals surface area contributed by atoms with E-state index in [9.17, 15) is 9.59 Å². The molecule has 1 aromatic carbocycles. The number of nitrogens with one attached hydrogen (secondary N) is 1. The normalized spacial score (nSPS) is 10.9. The van der Waals surface area contributed by atoms with Gasteiger partial charge in [0.25, 0.3) is 5.91 Å². The number of carbonyl (C=O) groups is 2. The Hall–Kier alpha value is -2.61. The van der Waals surface area contributed by atoms with Crippen molar-refractivity contribution in [2.24, 2.45) is 0 Å². The molecule has 0 aliphatic heterocycles. The standard InChI is InChI=1S/C20H27N3O4S/c1-12(2)23(13(3)4)18(24)9-15-11-28-20(21-15)22-19(25)14-7-16(26-5)10-17(8-14)27-6/h7-8,10-13H,9H2,1-6H3,(H,21,22,25). The quantitative estimate of drug-likeness (QED) is 0.726. The van der Waals surface area contributed by atoms with Gasteiger partial charge in [-0.05, 0) is 39.8 Å². The molecular weight excluding hydrogens is 378 g/mol.